The lowest BCUT2D eigenvalue weighted by molar-refractivity contribution is -0.139. The summed E-state index contributed by atoms with van der Waals surface area (Å²) >= 11 is 1.65. The Kier molecular flexibility index (Phi) is 7.38. The highest BCUT2D eigenvalue weighted by atomic mass is 35.5. The lowest BCUT2D eigenvalue weighted by Gasteiger charge is -2.39. The van der Waals surface area contributed by atoms with Crippen LogP contribution in [0.1, 0.15) is 32.6 Å². The van der Waals surface area contributed by atoms with Gasteiger partial charge in [0.1, 0.15) is 0 Å². The van der Waals surface area contributed by atoms with Crippen LogP contribution in [0.2, 0.25) is 0 Å². The van der Waals surface area contributed by atoms with E-state index in [1.54, 1.807) is 16.7 Å². The van der Waals surface area contributed by atoms with E-state index in [0.29, 0.717) is 13.0 Å². The molecule has 26 heavy (non-hydrogen) atoms. The SMILES string of the molecule is CSc1cccc(N2CC(C(=O)N3CCCCC3C(C)N)CC2=O)c1.Cl. The summed E-state index contributed by atoms with van der Waals surface area (Å²) in [5.41, 5.74) is 6.98. The van der Waals surface area contributed by atoms with E-state index in [1.807, 2.05) is 42.3 Å². The van der Waals surface area contributed by atoms with Crippen LogP contribution >= 0.6 is 24.2 Å². The number of halogens is 1. The maximum Gasteiger partial charge on any atom is 0.228 e. The molecule has 2 amide bonds. The van der Waals surface area contributed by atoms with Gasteiger partial charge in [-0.1, -0.05) is 6.07 Å². The zero-order valence-electron chi connectivity index (χ0n) is 15.4. The summed E-state index contributed by atoms with van der Waals surface area (Å²) < 4.78 is 0. The molecule has 0 spiro atoms. The van der Waals surface area contributed by atoms with Gasteiger partial charge in [-0.25, -0.2) is 0 Å². The molecule has 1 aromatic carbocycles. The Balaban J connectivity index is 0.00000243. The Hall–Kier alpha value is -1.24. The van der Waals surface area contributed by atoms with Gasteiger partial charge in [-0.15, -0.1) is 24.2 Å². The van der Waals surface area contributed by atoms with E-state index in [-0.39, 0.29) is 42.2 Å². The molecule has 5 nitrogen and oxygen atoms in total. The summed E-state index contributed by atoms with van der Waals surface area (Å²) in [4.78, 5) is 30.4. The molecule has 2 aliphatic heterocycles. The van der Waals surface area contributed by atoms with E-state index in [2.05, 4.69) is 0 Å². The number of amides is 2. The van der Waals surface area contributed by atoms with Crippen LogP contribution in [-0.4, -0.2) is 48.1 Å². The fourth-order valence-electron chi connectivity index (χ4n) is 3.91. The Bertz CT molecular complexity index is 655. The number of hydrogen-bond acceptors (Lipinski definition) is 4. The third kappa shape index (κ3) is 4.35. The second-order valence-corrected chi connectivity index (χ2v) is 7.94. The largest absolute Gasteiger partial charge is 0.338 e. The van der Waals surface area contributed by atoms with Crippen LogP contribution in [0, 0.1) is 5.92 Å². The fourth-order valence-corrected chi connectivity index (χ4v) is 4.37. The van der Waals surface area contributed by atoms with Crippen molar-refractivity contribution in [3.8, 4) is 0 Å². The number of hydrogen-bond donors (Lipinski definition) is 1. The van der Waals surface area contributed by atoms with Gasteiger partial charge in [-0.3, -0.25) is 9.59 Å². The van der Waals surface area contributed by atoms with E-state index in [4.69, 9.17) is 5.73 Å². The number of thioether (sulfide) groups is 1. The van der Waals surface area contributed by atoms with Crippen molar-refractivity contribution in [3.63, 3.8) is 0 Å². The topological polar surface area (TPSA) is 66.6 Å². The highest BCUT2D eigenvalue weighted by Gasteiger charge is 2.40. The van der Waals surface area contributed by atoms with Crippen molar-refractivity contribution in [1.29, 1.82) is 0 Å². The normalized spacial score (nSPS) is 24.3. The first-order chi connectivity index (χ1) is 12.0. The summed E-state index contributed by atoms with van der Waals surface area (Å²) in [5, 5.41) is 0. The van der Waals surface area contributed by atoms with Crippen molar-refractivity contribution in [2.45, 2.75) is 49.6 Å². The predicted molar refractivity (Wildman–Crippen MR) is 109 cm³/mol. The number of carbonyl (C=O) groups is 2. The van der Waals surface area contributed by atoms with Crippen molar-refractivity contribution in [3.05, 3.63) is 24.3 Å². The molecule has 7 heteroatoms. The predicted octanol–water partition coefficient (Wildman–Crippen LogP) is 2.91. The number of rotatable bonds is 4. The summed E-state index contributed by atoms with van der Waals surface area (Å²) in [5.74, 6) is -0.130. The Morgan fingerprint density at radius 2 is 2.12 bits per heavy atom. The number of piperidine rings is 1. The molecule has 2 N–H and O–H groups in total. The first-order valence-electron chi connectivity index (χ1n) is 9.01. The van der Waals surface area contributed by atoms with Crippen molar-refractivity contribution in [2.75, 3.05) is 24.2 Å². The lowest BCUT2D eigenvalue weighted by Crippen LogP contribution is -2.53. The highest BCUT2D eigenvalue weighted by molar-refractivity contribution is 7.98. The first-order valence-corrected chi connectivity index (χ1v) is 10.2. The molecule has 0 aliphatic carbocycles. The molecular formula is C19H28ClN3O2S. The van der Waals surface area contributed by atoms with Crippen LogP contribution in [0.4, 0.5) is 5.69 Å². The van der Waals surface area contributed by atoms with E-state index in [9.17, 15) is 9.59 Å². The van der Waals surface area contributed by atoms with Crippen molar-refractivity contribution in [1.82, 2.24) is 4.90 Å². The van der Waals surface area contributed by atoms with Crippen LogP contribution in [0.5, 0.6) is 0 Å². The molecule has 0 saturated carbocycles. The maximum absolute atomic E-state index is 13.0. The average Bonchev–Trinajstić information content (AvgIpc) is 3.02. The molecule has 2 saturated heterocycles. The minimum Gasteiger partial charge on any atom is -0.338 e. The third-order valence-corrected chi connectivity index (χ3v) is 6.00. The number of nitrogens with two attached hydrogens (primary N) is 1. The molecule has 0 bridgehead atoms. The smallest absolute Gasteiger partial charge is 0.228 e. The van der Waals surface area contributed by atoms with E-state index in [1.165, 1.54) is 0 Å². The highest BCUT2D eigenvalue weighted by Crippen LogP contribution is 2.30. The van der Waals surface area contributed by atoms with Gasteiger partial charge in [0.2, 0.25) is 11.8 Å². The van der Waals surface area contributed by atoms with Gasteiger partial charge in [0.15, 0.2) is 0 Å². The molecule has 3 atom stereocenters. The number of likely N-dealkylation sites (tertiary alicyclic amines) is 1. The standard InChI is InChI=1S/C19H27N3O2S.ClH/c1-13(20)17-8-3-4-9-21(17)19(24)14-10-18(23)22(12-14)15-6-5-7-16(11-15)25-2;/h5-7,11,13-14,17H,3-4,8-10,12,20H2,1-2H3;1H. The van der Waals surface area contributed by atoms with Gasteiger partial charge in [0.05, 0.1) is 5.92 Å². The van der Waals surface area contributed by atoms with Crippen LogP contribution < -0.4 is 10.6 Å². The van der Waals surface area contributed by atoms with Gasteiger partial charge >= 0.3 is 0 Å². The molecule has 1 aromatic rings. The van der Waals surface area contributed by atoms with Crippen molar-refractivity contribution in [2.24, 2.45) is 11.7 Å². The summed E-state index contributed by atoms with van der Waals surface area (Å²) in [7, 11) is 0. The second-order valence-electron chi connectivity index (χ2n) is 7.06. The Morgan fingerprint density at radius 1 is 1.35 bits per heavy atom. The molecule has 0 aromatic heterocycles. The molecule has 2 aliphatic rings. The zero-order chi connectivity index (χ0) is 18.0. The van der Waals surface area contributed by atoms with E-state index < -0.39 is 0 Å². The monoisotopic (exact) mass is 397 g/mol. The van der Waals surface area contributed by atoms with Crippen LogP contribution in [0.3, 0.4) is 0 Å². The van der Waals surface area contributed by atoms with Crippen LogP contribution in [0.15, 0.2) is 29.2 Å². The van der Waals surface area contributed by atoms with Crippen molar-refractivity contribution < 1.29 is 9.59 Å². The van der Waals surface area contributed by atoms with Crippen molar-refractivity contribution >= 4 is 41.7 Å². The van der Waals surface area contributed by atoms with Gasteiger partial charge in [-0.2, -0.15) is 0 Å². The third-order valence-electron chi connectivity index (χ3n) is 5.28. The number of anilines is 1. The Morgan fingerprint density at radius 3 is 2.81 bits per heavy atom. The summed E-state index contributed by atoms with van der Waals surface area (Å²) in [6.45, 7) is 3.20. The van der Waals surface area contributed by atoms with Gasteiger partial charge in [0.25, 0.3) is 0 Å². The van der Waals surface area contributed by atoms with E-state index >= 15 is 0 Å². The number of carbonyl (C=O) groups excluding carboxylic acids is 2. The van der Waals surface area contributed by atoms with E-state index in [0.717, 1.165) is 36.4 Å². The molecule has 0 radical (unpaired) electrons. The quantitative estimate of drug-likeness (QED) is 0.793. The molecule has 3 rings (SSSR count). The van der Waals surface area contributed by atoms with Crippen LogP contribution in [-0.2, 0) is 9.59 Å². The summed E-state index contributed by atoms with van der Waals surface area (Å²) in [6.07, 6.45) is 5.41. The molecule has 3 unspecified atom stereocenters. The minimum absolute atomic E-state index is 0. The second kappa shape index (κ2) is 9.11. The fraction of sp³-hybridized carbons (Fsp3) is 0.579. The van der Waals surface area contributed by atoms with Gasteiger partial charge in [0, 0.05) is 42.2 Å². The molecule has 2 fully saturated rings. The molecule has 144 valence electrons. The number of benzene rings is 1. The maximum atomic E-state index is 13.0. The number of nitrogens with zero attached hydrogens (tertiary/aromatic N) is 2. The average molecular weight is 398 g/mol. The summed E-state index contributed by atoms with van der Waals surface area (Å²) in [6, 6.07) is 8.01. The lowest BCUT2D eigenvalue weighted by atomic mass is 9.94. The molecule has 2 heterocycles. The minimum atomic E-state index is -0.259. The molecular weight excluding hydrogens is 370 g/mol. The Labute approximate surface area is 166 Å². The van der Waals surface area contributed by atoms with Gasteiger partial charge in [-0.05, 0) is 50.6 Å². The zero-order valence-corrected chi connectivity index (χ0v) is 17.0. The van der Waals surface area contributed by atoms with Gasteiger partial charge < -0.3 is 15.5 Å². The van der Waals surface area contributed by atoms with Crippen LogP contribution in [0.25, 0.3) is 0 Å². The first kappa shape index (κ1) is 21.1.